The van der Waals surface area contributed by atoms with Crippen molar-refractivity contribution in [3.8, 4) is 0 Å². The number of furan rings is 1. The lowest BCUT2D eigenvalue weighted by Gasteiger charge is -2.30. The van der Waals surface area contributed by atoms with Crippen molar-refractivity contribution in [2.24, 2.45) is 0 Å². The number of carbonyl (C=O) groups is 1. The second-order valence-electron chi connectivity index (χ2n) is 6.57. The van der Waals surface area contributed by atoms with Gasteiger partial charge < -0.3 is 4.42 Å². The molecule has 0 atom stereocenters. The number of ketones is 1. The Morgan fingerprint density at radius 2 is 1.81 bits per heavy atom. The van der Waals surface area contributed by atoms with E-state index >= 15 is 0 Å². The van der Waals surface area contributed by atoms with Gasteiger partial charge in [-0.3, -0.25) is 4.79 Å². The molecular weight excluding hydrogens is 390 g/mol. The second-order valence-corrected chi connectivity index (χ2v) is 10.8. The van der Waals surface area contributed by atoms with Gasteiger partial charge in [-0.05, 0) is 44.0 Å². The Bertz CT molecular complexity index is 1020. The van der Waals surface area contributed by atoms with Crippen LogP contribution in [0.3, 0.4) is 0 Å². The van der Waals surface area contributed by atoms with E-state index in [-0.39, 0.29) is 42.4 Å². The maximum atomic E-state index is 12.8. The lowest BCUT2D eigenvalue weighted by molar-refractivity contribution is 0.101. The summed E-state index contributed by atoms with van der Waals surface area (Å²) in [6, 6.07) is 9.15. The van der Waals surface area contributed by atoms with Crippen LogP contribution in [0.5, 0.6) is 0 Å². The molecular formula is C18H21NO6S2. The SMILES string of the molecule is CC(=O)c1cccc(S(=O)(=O)N2CCC(S(=O)(=O)Cc3ccco3)CC2)c1. The molecule has 0 saturated carbocycles. The number of hydrogen-bond acceptors (Lipinski definition) is 6. The van der Waals surface area contributed by atoms with E-state index in [4.69, 9.17) is 4.42 Å². The number of nitrogens with zero attached hydrogens (tertiary/aromatic N) is 1. The number of carbonyl (C=O) groups excluding carboxylic acids is 1. The summed E-state index contributed by atoms with van der Waals surface area (Å²) < 4.78 is 57.1. The first-order valence-corrected chi connectivity index (χ1v) is 11.7. The maximum absolute atomic E-state index is 12.8. The standard InChI is InChI=1S/C18H21NO6S2/c1-14(20)15-4-2-6-18(12-15)27(23,24)19-9-7-17(8-10-19)26(21,22)13-16-5-3-11-25-16/h2-6,11-12,17H,7-10,13H2,1H3. The van der Waals surface area contributed by atoms with Crippen molar-refractivity contribution < 1.29 is 26.0 Å². The molecule has 0 unspecified atom stereocenters. The average Bonchev–Trinajstić information content (AvgIpc) is 3.14. The summed E-state index contributed by atoms with van der Waals surface area (Å²) in [5.41, 5.74) is 0.326. The van der Waals surface area contributed by atoms with Crippen molar-refractivity contribution in [1.29, 1.82) is 0 Å². The van der Waals surface area contributed by atoms with E-state index in [2.05, 4.69) is 0 Å². The topological polar surface area (TPSA) is 102 Å². The van der Waals surface area contributed by atoms with E-state index in [0.29, 0.717) is 11.3 Å². The zero-order valence-corrected chi connectivity index (χ0v) is 16.5. The van der Waals surface area contributed by atoms with Crippen LogP contribution in [0.4, 0.5) is 0 Å². The van der Waals surface area contributed by atoms with Crippen molar-refractivity contribution in [1.82, 2.24) is 4.31 Å². The minimum Gasteiger partial charge on any atom is -0.468 e. The molecule has 0 aliphatic carbocycles. The highest BCUT2D eigenvalue weighted by atomic mass is 32.2. The highest BCUT2D eigenvalue weighted by Crippen LogP contribution is 2.26. The molecule has 0 radical (unpaired) electrons. The molecule has 3 rings (SSSR count). The van der Waals surface area contributed by atoms with Gasteiger partial charge in [0.1, 0.15) is 11.5 Å². The van der Waals surface area contributed by atoms with Crippen LogP contribution >= 0.6 is 0 Å². The number of sulfonamides is 1. The smallest absolute Gasteiger partial charge is 0.243 e. The molecule has 1 aromatic heterocycles. The number of hydrogen-bond donors (Lipinski definition) is 0. The first-order chi connectivity index (χ1) is 12.7. The van der Waals surface area contributed by atoms with Gasteiger partial charge >= 0.3 is 0 Å². The average molecular weight is 412 g/mol. The number of Topliss-reactive ketones (excluding diaryl/α,β-unsaturated/α-hetero) is 1. The molecule has 27 heavy (non-hydrogen) atoms. The number of rotatable bonds is 6. The highest BCUT2D eigenvalue weighted by molar-refractivity contribution is 7.91. The molecule has 0 amide bonds. The van der Waals surface area contributed by atoms with Crippen molar-refractivity contribution in [2.45, 2.75) is 35.7 Å². The van der Waals surface area contributed by atoms with Crippen LogP contribution in [0.15, 0.2) is 52.0 Å². The van der Waals surface area contributed by atoms with Crippen LogP contribution in [0, 0.1) is 0 Å². The predicted octanol–water partition coefficient (Wildman–Crippen LogP) is 2.25. The molecule has 1 aliphatic heterocycles. The Kier molecular flexibility index (Phi) is 5.55. The van der Waals surface area contributed by atoms with E-state index < -0.39 is 25.1 Å². The molecule has 1 saturated heterocycles. The van der Waals surface area contributed by atoms with Crippen molar-refractivity contribution in [3.63, 3.8) is 0 Å². The zero-order chi connectivity index (χ0) is 19.7. The van der Waals surface area contributed by atoms with E-state index in [1.807, 2.05) is 0 Å². The Balaban J connectivity index is 1.71. The van der Waals surface area contributed by atoms with E-state index in [9.17, 15) is 21.6 Å². The van der Waals surface area contributed by atoms with Gasteiger partial charge in [-0.25, -0.2) is 16.8 Å². The molecule has 0 bridgehead atoms. The summed E-state index contributed by atoms with van der Waals surface area (Å²) in [5, 5.41) is -0.599. The van der Waals surface area contributed by atoms with Crippen molar-refractivity contribution in [3.05, 3.63) is 54.0 Å². The first kappa shape index (κ1) is 19.8. The lowest BCUT2D eigenvalue weighted by Crippen LogP contribution is -2.42. The Labute approximate surface area is 159 Å². The molecule has 9 heteroatoms. The van der Waals surface area contributed by atoms with E-state index in [1.54, 1.807) is 18.2 Å². The first-order valence-electron chi connectivity index (χ1n) is 8.55. The summed E-state index contributed by atoms with van der Waals surface area (Å²) >= 11 is 0. The van der Waals surface area contributed by atoms with Gasteiger partial charge in [0.2, 0.25) is 10.0 Å². The molecule has 1 fully saturated rings. The summed E-state index contributed by atoms with van der Waals surface area (Å²) in [4.78, 5) is 11.6. The molecule has 0 N–H and O–H groups in total. The van der Waals surface area contributed by atoms with Crippen LogP contribution in [0.2, 0.25) is 0 Å². The third-order valence-corrected chi connectivity index (χ3v) is 8.78. The fourth-order valence-corrected chi connectivity index (χ4v) is 6.41. The molecule has 2 heterocycles. The third-order valence-electron chi connectivity index (χ3n) is 4.71. The van der Waals surface area contributed by atoms with Gasteiger partial charge in [0.25, 0.3) is 0 Å². The van der Waals surface area contributed by atoms with Gasteiger partial charge in [0.15, 0.2) is 15.6 Å². The van der Waals surface area contributed by atoms with Crippen molar-refractivity contribution >= 4 is 25.6 Å². The zero-order valence-electron chi connectivity index (χ0n) is 14.9. The van der Waals surface area contributed by atoms with Gasteiger partial charge in [-0.1, -0.05) is 12.1 Å². The summed E-state index contributed by atoms with van der Waals surface area (Å²) in [5.74, 6) is -0.0150. The monoisotopic (exact) mass is 411 g/mol. The maximum Gasteiger partial charge on any atom is 0.243 e. The molecule has 2 aromatic rings. The molecule has 0 spiro atoms. The van der Waals surface area contributed by atoms with Gasteiger partial charge in [0, 0.05) is 18.7 Å². The van der Waals surface area contributed by atoms with Gasteiger partial charge in [0.05, 0.1) is 16.4 Å². The quantitative estimate of drug-likeness (QED) is 0.676. The largest absolute Gasteiger partial charge is 0.468 e. The van der Waals surface area contributed by atoms with E-state index in [0.717, 1.165) is 0 Å². The van der Waals surface area contributed by atoms with Gasteiger partial charge in [-0.2, -0.15) is 4.31 Å². The van der Waals surface area contributed by atoms with Crippen LogP contribution < -0.4 is 0 Å². The van der Waals surface area contributed by atoms with Crippen LogP contribution in [-0.2, 0) is 25.6 Å². The number of sulfone groups is 1. The van der Waals surface area contributed by atoms with Crippen LogP contribution in [-0.4, -0.2) is 45.3 Å². The fraction of sp³-hybridized carbons (Fsp3) is 0.389. The van der Waals surface area contributed by atoms with Crippen LogP contribution in [0.1, 0.15) is 35.9 Å². The summed E-state index contributed by atoms with van der Waals surface area (Å²) in [7, 11) is -7.19. The summed E-state index contributed by atoms with van der Waals surface area (Å²) in [6.45, 7) is 1.62. The Morgan fingerprint density at radius 1 is 1.11 bits per heavy atom. The number of piperidine rings is 1. The number of benzene rings is 1. The molecule has 1 aromatic carbocycles. The predicted molar refractivity (Wildman–Crippen MR) is 99.6 cm³/mol. The molecule has 1 aliphatic rings. The van der Waals surface area contributed by atoms with Crippen molar-refractivity contribution in [2.75, 3.05) is 13.1 Å². The third kappa shape index (κ3) is 4.31. The van der Waals surface area contributed by atoms with E-state index in [1.165, 1.54) is 35.7 Å². The lowest BCUT2D eigenvalue weighted by atomic mass is 10.2. The second kappa shape index (κ2) is 7.57. The van der Waals surface area contributed by atoms with Gasteiger partial charge in [-0.15, -0.1) is 0 Å². The minimum absolute atomic E-state index is 0.0482. The molecule has 7 nitrogen and oxygen atoms in total. The normalized spacial score (nSPS) is 17.1. The highest BCUT2D eigenvalue weighted by Gasteiger charge is 2.35. The Hall–Kier alpha value is -1.97. The Morgan fingerprint density at radius 3 is 2.41 bits per heavy atom. The van der Waals surface area contributed by atoms with Crippen LogP contribution in [0.25, 0.3) is 0 Å². The fourth-order valence-electron chi connectivity index (χ4n) is 3.17. The minimum atomic E-state index is -3.77. The summed E-state index contributed by atoms with van der Waals surface area (Å²) in [6.07, 6.45) is 1.89. The molecule has 146 valence electrons.